The summed E-state index contributed by atoms with van der Waals surface area (Å²) in [5, 5.41) is 0. The molecule has 0 saturated heterocycles. The molecule has 1 unspecified atom stereocenters. The van der Waals surface area contributed by atoms with E-state index in [0.717, 1.165) is 11.3 Å². The van der Waals surface area contributed by atoms with Crippen molar-refractivity contribution in [3.8, 4) is 11.5 Å². The van der Waals surface area contributed by atoms with Gasteiger partial charge in [-0.2, -0.15) is 0 Å². The molecular formula is C19H18Cl2O3. The van der Waals surface area contributed by atoms with Gasteiger partial charge in [0.1, 0.15) is 22.6 Å². The van der Waals surface area contributed by atoms with Crippen LogP contribution in [0.2, 0.25) is 0 Å². The Labute approximate surface area is 151 Å². The van der Waals surface area contributed by atoms with Gasteiger partial charge in [0.2, 0.25) is 0 Å². The zero-order valence-corrected chi connectivity index (χ0v) is 14.8. The van der Waals surface area contributed by atoms with E-state index in [9.17, 15) is 4.79 Å². The number of esters is 1. The lowest BCUT2D eigenvalue weighted by molar-refractivity contribution is -0.145. The van der Waals surface area contributed by atoms with Gasteiger partial charge in [0.25, 0.3) is 0 Å². The highest BCUT2D eigenvalue weighted by Crippen LogP contribution is 2.22. The van der Waals surface area contributed by atoms with Crippen molar-refractivity contribution < 1.29 is 14.3 Å². The third-order valence-corrected chi connectivity index (χ3v) is 3.43. The molecule has 0 aliphatic heterocycles. The van der Waals surface area contributed by atoms with E-state index in [4.69, 9.17) is 32.7 Å². The van der Waals surface area contributed by atoms with Crippen molar-refractivity contribution in [1.82, 2.24) is 0 Å². The van der Waals surface area contributed by atoms with Crippen LogP contribution in [0, 0.1) is 5.92 Å². The number of hydrogen-bond donors (Lipinski definition) is 0. The number of carbonyl (C=O) groups is 1. The molecule has 0 saturated carbocycles. The van der Waals surface area contributed by atoms with E-state index in [2.05, 4.69) is 0 Å². The summed E-state index contributed by atoms with van der Waals surface area (Å²) >= 11 is 11.1. The molecule has 0 amide bonds. The maximum atomic E-state index is 11.8. The van der Waals surface area contributed by atoms with Gasteiger partial charge in [0.05, 0.1) is 6.42 Å². The van der Waals surface area contributed by atoms with Crippen molar-refractivity contribution in [2.45, 2.75) is 20.0 Å². The molecule has 0 fully saturated rings. The fraction of sp³-hybridized carbons (Fsp3) is 0.211. The summed E-state index contributed by atoms with van der Waals surface area (Å²) in [7, 11) is 0. The van der Waals surface area contributed by atoms with Crippen molar-refractivity contribution >= 4 is 29.2 Å². The normalized spacial score (nSPS) is 11.5. The average Bonchev–Trinajstić information content (AvgIpc) is 2.53. The van der Waals surface area contributed by atoms with Crippen LogP contribution in [0.4, 0.5) is 0 Å². The SMILES string of the molecule is CC(C=C(Cl)Cl)CC(=O)OCc1cccc(Oc2ccccc2)c1. The summed E-state index contributed by atoms with van der Waals surface area (Å²) in [6, 6.07) is 16.9. The van der Waals surface area contributed by atoms with Crippen LogP contribution in [0.5, 0.6) is 11.5 Å². The maximum Gasteiger partial charge on any atom is 0.306 e. The van der Waals surface area contributed by atoms with Crippen LogP contribution < -0.4 is 4.74 Å². The lowest BCUT2D eigenvalue weighted by atomic mass is 10.1. The molecule has 0 radical (unpaired) electrons. The molecule has 3 nitrogen and oxygen atoms in total. The summed E-state index contributed by atoms with van der Waals surface area (Å²) in [5.74, 6) is 1.07. The Hall–Kier alpha value is -1.97. The summed E-state index contributed by atoms with van der Waals surface area (Å²) < 4.78 is 11.2. The molecule has 1 atom stereocenters. The van der Waals surface area contributed by atoms with Crippen molar-refractivity contribution in [1.29, 1.82) is 0 Å². The molecule has 2 rings (SSSR count). The largest absolute Gasteiger partial charge is 0.461 e. The lowest BCUT2D eigenvalue weighted by Gasteiger charge is -2.09. The topological polar surface area (TPSA) is 35.5 Å². The molecule has 0 aliphatic carbocycles. The fourth-order valence-corrected chi connectivity index (χ4v) is 2.51. The number of hydrogen-bond acceptors (Lipinski definition) is 3. The second-order valence-corrected chi connectivity index (χ2v) is 6.37. The van der Waals surface area contributed by atoms with Gasteiger partial charge < -0.3 is 9.47 Å². The standard InChI is InChI=1S/C19H18Cl2O3/c1-14(10-18(20)21)11-19(22)23-13-15-6-5-9-17(12-15)24-16-7-3-2-4-8-16/h2-10,12,14H,11,13H2,1H3. The van der Waals surface area contributed by atoms with Crippen LogP contribution in [-0.2, 0) is 16.1 Å². The van der Waals surface area contributed by atoms with Gasteiger partial charge in [-0.1, -0.05) is 66.5 Å². The molecule has 0 spiro atoms. The van der Waals surface area contributed by atoms with E-state index in [1.165, 1.54) is 0 Å². The summed E-state index contributed by atoms with van der Waals surface area (Å²) in [6.07, 6.45) is 1.84. The molecular weight excluding hydrogens is 347 g/mol. The third kappa shape index (κ3) is 6.65. The van der Waals surface area contributed by atoms with E-state index >= 15 is 0 Å². The predicted molar refractivity (Wildman–Crippen MR) is 96.3 cm³/mol. The maximum absolute atomic E-state index is 11.8. The van der Waals surface area contributed by atoms with E-state index in [-0.39, 0.29) is 29.4 Å². The summed E-state index contributed by atoms with van der Waals surface area (Å²) in [6.45, 7) is 2.04. The van der Waals surface area contributed by atoms with Crippen molar-refractivity contribution in [2.75, 3.05) is 0 Å². The van der Waals surface area contributed by atoms with Gasteiger partial charge >= 0.3 is 5.97 Å². The van der Waals surface area contributed by atoms with Crippen LogP contribution in [0.25, 0.3) is 0 Å². The van der Waals surface area contributed by atoms with Crippen LogP contribution in [0.3, 0.4) is 0 Å². The van der Waals surface area contributed by atoms with Crippen molar-refractivity contribution in [2.24, 2.45) is 5.92 Å². The third-order valence-electron chi connectivity index (χ3n) is 3.18. The molecule has 0 aromatic heterocycles. The molecule has 126 valence electrons. The Morgan fingerprint density at radius 3 is 2.50 bits per heavy atom. The Balaban J connectivity index is 1.88. The minimum atomic E-state index is -0.303. The van der Waals surface area contributed by atoms with Gasteiger partial charge in [-0.3, -0.25) is 4.79 Å². The van der Waals surface area contributed by atoms with Crippen molar-refractivity contribution in [3.05, 3.63) is 70.7 Å². The Morgan fingerprint density at radius 1 is 1.08 bits per heavy atom. The molecule has 0 heterocycles. The van der Waals surface area contributed by atoms with Crippen LogP contribution >= 0.6 is 23.2 Å². The highest BCUT2D eigenvalue weighted by molar-refractivity contribution is 6.55. The second kappa shape index (κ2) is 9.36. The Morgan fingerprint density at radius 2 is 1.79 bits per heavy atom. The second-order valence-electron chi connectivity index (χ2n) is 5.36. The number of benzene rings is 2. The predicted octanol–water partition coefficient (Wildman–Crippen LogP) is 5.87. The minimum absolute atomic E-state index is 0.0738. The van der Waals surface area contributed by atoms with E-state index in [0.29, 0.717) is 5.75 Å². The number of para-hydroxylation sites is 1. The van der Waals surface area contributed by atoms with E-state index in [1.807, 2.05) is 61.5 Å². The Kier molecular flexibility index (Phi) is 7.16. The van der Waals surface area contributed by atoms with Crippen LogP contribution in [-0.4, -0.2) is 5.97 Å². The molecule has 5 heteroatoms. The van der Waals surface area contributed by atoms with E-state index in [1.54, 1.807) is 6.08 Å². The first kappa shape index (κ1) is 18.4. The van der Waals surface area contributed by atoms with Gasteiger partial charge in [-0.15, -0.1) is 0 Å². The minimum Gasteiger partial charge on any atom is -0.461 e. The summed E-state index contributed by atoms with van der Waals surface area (Å²) in [5.41, 5.74) is 0.857. The van der Waals surface area contributed by atoms with Crippen molar-refractivity contribution in [3.63, 3.8) is 0 Å². The van der Waals surface area contributed by atoms with Gasteiger partial charge in [0.15, 0.2) is 0 Å². The lowest BCUT2D eigenvalue weighted by Crippen LogP contribution is -2.08. The number of rotatable bonds is 7. The highest BCUT2D eigenvalue weighted by Gasteiger charge is 2.09. The first-order valence-electron chi connectivity index (χ1n) is 7.53. The monoisotopic (exact) mass is 364 g/mol. The van der Waals surface area contributed by atoms with E-state index < -0.39 is 0 Å². The smallest absolute Gasteiger partial charge is 0.306 e. The molecule has 2 aromatic rings. The molecule has 0 bridgehead atoms. The molecule has 24 heavy (non-hydrogen) atoms. The van der Waals surface area contributed by atoms with Gasteiger partial charge in [0, 0.05) is 0 Å². The number of ether oxygens (including phenoxy) is 2. The first-order valence-corrected chi connectivity index (χ1v) is 8.29. The summed E-state index contributed by atoms with van der Waals surface area (Å²) in [4.78, 5) is 11.8. The zero-order valence-electron chi connectivity index (χ0n) is 13.2. The molecule has 2 aromatic carbocycles. The fourth-order valence-electron chi connectivity index (χ4n) is 2.08. The molecule has 0 aliphatic rings. The zero-order chi connectivity index (χ0) is 17.4. The first-order chi connectivity index (χ1) is 11.5. The van der Waals surface area contributed by atoms with Crippen LogP contribution in [0.1, 0.15) is 18.9 Å². The van der Waals surface area contributed by atoms with Crippen LogP contribution in [0.15, 0.2) is 65.2 Å². The quantitative estimate of drug-likeness (QED) is 0.576. The number of halogens is 2. The average molecular weight is 365 g/mol. The van der Waals surface area contributed by atoms with Gasteiger partial charge in [-0.25, -0.2) is 0 Å². The Bertz CT molecular complexity index is 695. The van der Waals surface area contributed by atoms with Gasteiger partial charge in [-0.05, 0) is 35.7 Å². The highest BCUT2D eigenvalue weighted by atomic mass is 35.5. The number of allylic oxidation sites excluding steroid dienone is 1. The number of carbonyl (C=O) groups excluding carboxylic acids is 1. The molecule has 0 N–H and O–H groups in total.